The van der Waals surface area contributed by atoms with E-state index in [0.717, 1.165) is 5.69 Å². The van der Waals surface area contributed by atoms with Crippen molar-refractivity contribution in [3.8, 4) is 17.2 Å². The van der Waals surface area contributed by atoms with Crippen LogP contribution in [0.3, 0.4) is 0 Å². The molecule has 0 fully saturated rings. The standard InChI is InChI=1S/C17H15ClN6O3/c1-26-15-8-11(7-14(18)16(15)27-2)9-19-21-17(25)12-3-5-13(6-4-12)24-10-20-22-23-24/h3-10H,1-2H3,(H,21,25)/b19-9+. The Bertz CT molecular complexity index is 958. The number of rotatable bonds is 6. The molecule has 0 saturated carbocycles. The highest BCUT2D eigenvalue weighted by Gasteiger charge is 2.10. The molecule has 10 heteroatoms. The Labute approximate surface area is 159 Å². The average molecular weight is 387 g/mol. The average Bonchev–Trinajstić information content (AvgIpc) is 3.22. The van der Waals surface area contributed by atoms with Gasteiger partial charge in [0.2, 0.25) is 0 Å². The first-order valence-electron chi connectivity index (χ1n) is 7.70. The molecule has 0 aliphatic heterocycles. The number of aromatic nitrogens is 4. The highest BCUT2D eigenvalue weighted by atomic mass is 35.5. The van der Waals surface area contributed by atoms with Crippen molar-refractivity contribution in [1.29, 1.82) is 0 Å². The minimum Gasteiger partial charge on any atom is -0.493 e. The van der Waals surface area contributed by atoms with Gasteiger partial charge in [0.1, 0.15) is 6.33 Å². The van der Waals surface area contributed by atoms with E-state index in [-0.39, 0.29) is 5.91 Å². The molecular formula is C17H15ClN6O3. The Morgan fingerprint density at radius 1 is 1.22 bits per heavy atom. The largest absolute Gasteiger partial charge is 0.493 e. The zero-order chi connectivity index (χ0) is 19.2. The predicted molar refractivity (Wildman–Crippen MR) is 98.8 cm³/mol. The Balaban J connectivity index is 1.67. The lowest BCUT2D eigenvalue weighted by Crippen LogP contribution is -2.17. The summed E-state index contributed by atoms with van der Waals surface area (Å²) in [6.07, 6.45) is 2.93. The molecule has 0 bridgehead atoms. The molecule has 0 spiro atoms. The number of tetrazole rings is 1. The first kappa shape index (κ1) is 18.3. The summed E-state index contributed by atoms with van der Waals surface area (Å²) in [6, 6.07) is 10.1. The fourth-order valence-electron chi connectivity index (χ4n) is 2.29. The molecule has 1 amide bonds. The Hall–Kier alpha value is -3.46. The van der Waals surface area contributed by atoms with Crippen molar-refractivity contribution in [1.82, 2.24) is 25.6 Å². The molecule has 0 aliphatic rings. The van der Waals surface area contributed by atoms with E-state index >= 15 is 0 Å². The van der Waals surface area contributed by atoms with E-state index in [4.69, 9.17) is 21.1 Å². The number of hydrogen-bond donors (Lipinski definition) is 1. The molecule has 3 rings (SSSR count). The molecule has 0 radical (unpaired) electrons. The van der Waals surface area contributed by atoms with Gasteiger partial charge in [0, 0.05) is 5.56 Å². The number of carbonyl (C=O) groups excluding carboxylic acids is 1. The van der Waals surface area contributed by atoms with Crippen LogP contribution in [0.4, 0.5) is 0 Å². The molecule has 2 aromatic carbocycles. The Morgan fingerprint density at radius 3 is 2.63 bits per heavy atom. The normalized spacial score (nSPS) is 10.8. The van der Waals surface area contributed by atoms with E-state index in [1.807, 2.05) is 0 Å². The number of nitrogens with one attached hydrogen (secondary N) is 1. The molecule has 0 unspecified atom stereocenters. The number of nitrogens with zero attached hydrogens (tertiary/aromatic N) is 5. The smallest absolute Gasteiger partial charge is 0.271 e. The molecule has 0 saturated heterocycles. The summed E-state index contributed by atoms with van der Waals surface area (Å²) < 4.78 is 11.9. The maximum absolute atomic E-state index is 12.2. The molecule has 0 aliphatic carbocycles. The van der Waals surface area contributed by atoms with Crippen molar-refractivity contribution in [2.75, 3.05) is 14.2 Å². The lowest BCUT2D eigenvalue weighted by Gasteiger charge is -2.09. The number of benzene rings is 2. The van der Waals surface area contributed by atoms with Gasteiger partial charge in [-0.1, -0.05) is 11.6 Å². The molecule has 1 N–H and O–H groups in total. The monoisotopic (exact) mass is 386 g/mol. The van der Waals surface area contributed by atoms with Crippen LogP contribution in [0.1, 0.15) is 15.9 Å². The number of methoxy groups -OCH3 is 2. The van der Waals surface area contributed by atoms with E-state index in [0.29, 0.717) is 27.6 Å². The minimum absolute atomic E-state index is 0.360. The summed E-state index contributed by atoms with van der Waals surface area (Å²) in [4.78, 5) is 12.2. The van der Waals surface area contributed by atoms with Crippen molar-refractivity contribution in [2.24, 2.45) is 5.10 Å². The van der Waals surface area contributed by atoms with E-state index < -0.39 is 0 Å². The number of ether oxygens (including phenoxy) is 2. The van der Waals surface area contributed by atoms with Crippen LogP contribution in [0, 0.1) is 0 Å². The quantitative estimate of drug-likeness (QED) is 0.514. The van der Waals surface area contributed by atoms with Gasteiger partial charge in [-0.25, -0.2) is 10.1 Å². The Kier molecular flexibility index (Phi) is 5.62. The van der Waals surface area contributed by atoms with E-state index in [9.17, 15) is 4.79 Å². The number of amides is 1. The minimum atomic E-state index is -0.360. The third-order valence-electron chi connectivity index (χ3n) is 3.58. The van der Waals surface area contributed by atoms with Crippen LogP contribution in [0.5, 0.6) is 11.5 Å². The zero-order valence-corrected chi connectivity index (χ0v) is 15.2. The lowest BCUT2D eigenvalue weighted by atomic mass is 10.2. The van der Waals surface area contributed by atoms with Gasteiger partial charge in [-0.2, -0.15) is 5.10 Å². The summed E-state index contributed by atoms with van der Waals surface area (Å²) in [6.45, 7) is 0. The van der Waals surface area contributed by atoms with E-state index in [1.54, 1.807) is 36.4 Å². The van der Waals surface area contributed by atoms with Crippen LogP contribution in [0.15, 0.2) is 47.8 Å². The molecule has 1 aromatic heterocycles. The maximum atomic E-state index is 12.2. The topological polar surface area (TPSA) is 104 Å². The fourth-order valence-corrected chi connectivity index (χ4v) is 2.58. The molecule has 3 aromatic rings. The number of hydrazone groups is 1. The summed E-state index contributed by atoms with van der Waals surface area (Å²) in [7, 11) is 3.01. The van der Waals surface area contributed by atoms with Gasteiger partial charge in [-0.3, -0.25) is 4.79 Å². The van der Waals surface area contributed by atoms with Crippen LogP contribution < -0.4 is 14.9 Å². The summed E-state index contributed by atoms with van der Waals surface area (Å²) in [5, 5.41) is 15.2. The van der Waals surface area contributed by atoms with Crippen molar-refractivity contribution in [3.63, 3.8) is 0 Å². The number of carbonyl (C=O) groups is 1. The second-order valence-electron chi connectivity index (χ2n) is 5.24. The first-order valence-corrected chi connectivity index (χ1v) is 8.08. The second kappa shape index (κ2) is 8.28. The molecular weight excluding hydrogens is 372 g/mol. The van der Waals surface area contributed by atoms with Crippen LogP contribution in [-0.4, -0.2) is 46.5 Å². The van der Waals surface area contributed by atoms with Crippen LogP contribution in [0.2, 0.25) is 5.02 Å². The van der Waals surface area contributed by atoms with E-state index in [1.165, 1.54) is 31.4 Å². The third-order valence-corrected chi connectivity index (χ3v) is 3.86. The van der Waals surface area contributed by atoms with Crippen LogP contribution in [-0.2, 0) is 0 Å². The van der Waals surface area contributed by atoms with Crippen LogP contribution in [0.25, 0.3) is 5.69 Å². The third kappa shape index (κ3) is 4.21. The zero-order valence-electron chi connectivity index (χ0n) is 14.5. The summed E-state index contributed by atoms with van der Waals surface area (Å²) >= 11 is 6.14. The van der Waals surface area contributed by atoms with Gasteiger partial charge < -0.3 is 9.47 Å². The highest BCUT2D eigenvalue weighted by molar-refractivity contribution is 6.32. The van der Waals surface area contributed by atoms with Crippen LogP contribution >= 0.6 is 11.6 Å². The van der Waals surface area contributed by atoms with Gasteiger partial charge in [-0.15, -0.1) is 5.10 Å². The summed E-state index contributed by atoms with van der Waals surface area (Å²) in [5.74, 6) is 0.542. The second-order valence-corrected chi connectivity index (χ2v) is 5.65. The predicted octanol–water partition coefficient (Wildman–Crippen LogP) is 2.10. The van der Waals surface area contributed by atoms with Crippen molar-refractivity contribution < 1.29 is 14.3 Å². The SMILES string of the molecule is COc1cc(/C=N/NC(=O)c2ccc(-n3cnnn3)cc2)cc(Cl)c1OC. The first-order chi connectivity index (χ1) is 13.1. The van der Waals surface area contributed by atoms with E-state index in [2.05, 4.69) is 26.1 Å². The van der Waals surface area contributed by atoms with Crippen molar-refractivity contribution in [3.05, 3.63) is 58.9 Å². The Morgan fingerprint density at radius 2 is 2.00 bits per heavy atom. The molecule has 1 heterocycles. The fraction of sp³-hybridized carbons (Fsp3) is 0.118. The highest BCUT2D eigenvalue weighted by Crippen LogP contribution is 2.35. The number of hydrogen-bond acceptors (Lipinski definition) is 7. The lowest BCUT2D eigenvalue weighted by molar-refractivity contribution is 0.0955. The maximum Gasteiger partial charge on any atom is 0.271 e. The molecule has 138 valence electrons. The van der Waals surface area contributed by atoms with Crippen molar-refractivity contribution in [2.45, 2.75) is 0 Å². The molecule has 9 nitrogen and oxygen atoms in total. The van der Waals surface area contributed by atoms with Crippen molar-refractivity contribution >= 4 is 23.7 Å². The van der Waals surface area contributed by atoms with Gasteiger partial charge >= 0.3 is 0 Å². The van der Waals surface area contributed by atoms with Gasteiger partial charge in [0.25, 0.3) is 5.91 Å². The molecule has 0 atom stereocenters. The van der Waals surface area contributed by atoms with Gasteiger partial charge in [-0.05, 0) is 52.4 Å². The number of halogens is 1. The summed E-state index contributed by atoms with van der Waals surface area (Å²) in [5.41, 5.74) is 4.28. The molecule has 27 heavy (non-hydrogen) atoms. The van der Waals surface area contributed by atoms with Gasteiger partial charge in [0.15, 0.2) is 11.5 Å². The van der Waals surface area contributed by atoms with Gasteiger partial charge in [0.05, 0.1) is 31.1 Å².